The summed E-state index contributed by atoms with van der Waals surface area (Å²) in [5.41, 5.74) is 5.33. The Morgan fingerprint density at radius 3 is 2.39 bits per heavy atom. The van der Waals surface area contributed by atoms with Gasteiger partial charge in [-0.05, 0) is 39.0 Å². The number of likely N-dealkylation sites (tertiary alicyclic amines) is 1. The van der Waals surface area contributed by atoms with Gasteiger partial charge in [-0.3, -0.25) is 4.79 Å². The van der Waals surface area contributed by atoms with Crippen LogP contribution in [-0.4, -0.2) is 40.6 Å². The van der Waals surface area contributed by atoms with E-state index in [-0.39, 0.29) is 24.4 Å². The van der Waals surface area contributed by atoms with Crippen LogP contribution in [0.4, 0.5) is 0 Å². The summed E-state index contributed by atoms with van der Waals surface area (Å²) in [7, 11) is 0. The molecule has 2 unspecified atom stereocenters. The molecule has 0 aromatic rings. The van der Waals surface area contributed by atoms with Gasteiger partial charge in [0.25, 0.3) is 0 Å². The highest BCUT2D eigenvalue weighted by Crippen LogP contribution is 2.23. The number of nitrogens with zero attached hydrogens (tertiary/aromatic N) is 1. The number of amides is 1. The van der Waals surface area contributed by atoms with Crippen LogP contribution in [0.1, 0.15) is 46.5 Å². The van der Waals surface area contributed by atoms with Crippen LogP contribution in [0.5, 0.6) is 0 Å². The zero-order valence-electron chi connectivity index (χ0n) is 11.7. The van der Waals surface area contributed by atoms with Gasteiger partial charge < -0.3 is 15.7 Å². The van der Waals surface area contributed by atoms with Crippen LogP contribution < -0.4 is 5.73 Å². The molecule has 3 N–H and O–H groups in total. The van der Waals surface area contributed by atoms with Gasteiger partial charge in [0, 0.05) is 13.1 Å². The smallest absolute Gasteiger partial charge is 0.242 e. The van der Waals surface area contributed by atoms with Crippen LogP contribution in [0, 0.1) is 5.92 Å². The van der Waals surface area contributed by atoms with Gasteiger partial charge in [0.2, 0.25) is 5.91 Å². The highest BCUT2D eigenvalue weighted by molar-refractivity contribution is 5.86. The van der Waals surface area contributed by atoms with E-state index in [1.54, 1.807) is 0 Å². The number of rotatable bonds is 4. The molecule has 0 aromatic carbocycles. The topological polar surface area (TPSA) is 66.6 Å². The van der Waals surface area contributed by atoms with Crippen LogP contribution in [-0.2, 0) is 4.79 Å². The van der Waals surface area contributed by atoms with Crippen LogP contribution in [0.15, 0.2) is 0 Å². The van der Waals surface area contributed by atoms with Crippen molar-refractivity contribution in [3.63, 3.8) is 0 Å². The van der Waals surface area contributed by atoms with Gasteiger partial charge in [0.1, 0.15) is 0 Å². The van der Waals surface area contributed by atoms with Crippen molar-refractivity contribution in [1.29, 1.82) is 0 Å². The second kappa shape index (κ2) is 7.31. The molecule has 0 bridgehead atoms. The van der Waals surface area contributed by atoms with Crippen molar-refractivity contribution in [3.05, 3.63) is 0 Å². The molecule has 1 aliphatic rings. The number of halogens is 1. The van der Waals surface area contributed by atoms with E-state index in [4.69, 9.17) is 5.73 Å². The molecule has 1 saturated heterocycles. The van der Waals surface area contributed by atoms with Crippen molar-refractivity contribution >= 4 is 18.3 Å². The minimum absolute atomic E-state index is 0. The first-order chi connectivity index (χ1) is 7.88. The monoisotopic (exact) mass is 278 g/mol. The van der Waals surface area contributed by atoms with Gasteiger partial charge in [-0.15, -0.1) is 12.4 Å². The Morgan fingerprint density at radius 2 is 2.00 bits per heavy atom. The molecule has 1 aliphatic heterocycles. The average molecular weight is 279 g/mol. The summed E-state index contributed by atoms with van der Waals surface area (Å²) >= 11 is 0. The third-order valence-corrected chi connectivity index (χ3v) is 3.77. The maximum atomic E-state index is 12.2. The van der Waals surface area contributed by atoms with Crippen molar-refractivity contribution in [1.82, 2.24) is 4.90 Å². The first-order valence-corrected chi connectivity index (χ1v) is 6.64. The van der Waals surface area contributed by atoms with Gasteiger partial charge in [-0.25, -0.2) is 0 Å². The minimum atomic E-state index is -0.730. The van der Waals surface area contributed by atoms with Crippen molar-refractivity contribution in [3.8, 4) is 0 Å². The summed E-state index contributed by atoms with van der Waals surface area (Å²) in [6.45, 7) is 7.14. The zero-order chi connectivity index (χ0) is 13.1. The minimum Gasteiger partial charge on any atom is -0.393 e. The predicted molar refractivity (Wildman–Crippen MR) is 75.7 cm³/mol. The van der Waals surface area contributed by atoms with E-state index in [2.05, 4.69) is 0 Å². The summed E-state index contributed by atoms with van der Waals surface area (Å²) in [6, 6.07) is 0. The third kappa shape index (κ3) is 4.41. The fraction of sp³-hybridized carbons (Fsp3) is 0.923. The standard InChI is InChI=1S/C13H26N2O2.ClH/c1-4-7-13(3,14)12(17)15-8-5-11(6-9-15)10(2)16;/h10-11,16H,4-9,14H2,1-3H3;1H. The van der Waals surface area contributed by atoms with Gasteiger partial charge in [-0.1, -0.05) is 13.3 Å². The summed E-state index contributed by atoms with van der Waals surface area (Å²) in [5, 5.41) is 9.52. The Hall–Kier alpha value is -0.320. The molecule has 1 fully saturated rings. The SMILES string of the molecule is CCCC(C)(N)C(=O)N1CCC(C(C)O)CC1.Cl. The molecule has 0 spiro atoms. The Morgan fingerprint density at radius 1 is 1.50 bits per heavy atom. The van der Waals surface area contributed by atoms with Gasteiger partial charge in [0.05, 0.1) is 11.6 Å². The number of aliphatic hydroxyl groups excluding tert-OH is 1. The molecule has 5 heteroatoms. The lowest BCUT2D eigenvalue weighted by atomic mass is 9.89. The van der Waals surface area contributed by atoms with Crippen molar-refractivity contribution in [2.45, 2.75) is 58.1 Å². The Kier molecular flexibility index (Phi) is 7.18. The molecule has 4 nitrogen and oxygen atoms in total. The lowest BCUT2D eigenvalue weighted by Gasteiger charge is -2.37. The predicted octanol–water partition coefficient (Wildman–Crippen LogP) is 1.55. The van der Waals surface area contributed by atoms with Gasteiger partial charge in [-0.2, -0.15) is 0 Å². The molecule has 18 heavy (non-hydrogen) atoms. The van der Waals surface area contributed by atoms with E-state index in [1.165, 1.54) is 0 Å². The fourth-order valence-corrected chi connectivity index (χ4v) is 2.57. The van der Waals surface area contributed by atoms with Gasteiger partial charge >= 0.3 is 0 Å². The lowest BCUT2D eigenvalue weighted by Crippen LogP contribution is -2.55. The summed E-state index contributed by atoms with van der Waals surface area (Å²) in [5.74, 6) is 0.387. The largest absolute Gasteiger partial charge is 0.393 e. The molecule has 0 aliphatic carbocycles. The Bertz CT molecular complexity index is 262. The number of piperidine rings is 1. The molecule has 1 rings (SSSR count). The van der Waals surface area contributed by atoms with E-state index >= 15 is 0 Å². The molecule has 0 radical (unpaired) electrons. The average Bonchev–Trinajstić information content (AvgIpc) is 2.28. The maximum absolute atomic E-state index is 12.2. The molecule has 2 atom stereocenters. The zero-order valence-corrected chi connectivity index (χ0v) is 12.5. The van der Waals surface area contributed by atoms with Crippen LogP contribution in [0.25, 0.3) is 0 Å². The van der Waals surface area contributed by atoms with E-state index in [1.807, 2.05) is 25.7 Å². The summed E-state index contributed by atoms with van der Waals surface area (Å²) in [6.07, 6.45) is 3.13. The molecule has 108 valence electrons. The Labute approximate surface area is 116 Å². The fourth-order valence-electron chi connectivity index (χ4n) is 2.57. The van der Waals surface area contributed by atoms with Crippen LogP contribution in [0.2, 0.25) is 0 Å². The highest BCUT2D eigenvalue weighted by atomic mass is 35.5. The normalized spacial score (nSPS) is 21.9. The third-order valence-electron chi connectivity index (χ3n) is 3.77. The van der Waals surface area contributed by atoms with Crippen LogP contribution in [0.3, 0.4) is 0 Å². The lowest BCUT2D eigenvalue weighted by molar-refractivity contribution is -0.138. The second-order valence-corrected chi connectivity index (χ2v) is 5.54. The van der Waals surface area contributed by atoms with Crippen LogP contribution >= 0.6 is 12.4 Å². The summed E-state index contributed by atoms with van der Waals surface area (Å²) < 4.78 is 0. The molecular weight excluding hydrogens is 252 g/mol. The maximum Gasteiger partial charge on any atom is 0.242 e. The molecule has 1 heterocycles. The first kappa shape index (κ1) is 17.7. The molecular formula is C13H27ClN2O2. The number of hydrogen-bond donors (Lipinski definition) is 2. The van der Waals surface area contributed by atoms with E-state index in [0.717, 1.165) is 38.8 Å². The number of carbonyl (C=O) groups is 1. The quantitative estimate of drug-likeness (QED) is 0.820. The molecule has 1 amide bonds. The Balaban J connectivity index is 0.00000289. The van der Waals surface area contributed by atoms with Crippen molar-refractivity contribution in [2.75, 3.05) is 13.1 Å². The first-order valence-electron chi connectivity index (χ1n) is 6.64. The van der Waals surface area contributed by atoms with Gasteiger partial charge in [0.15, 0.2) is 0 Å². The molecule has 0 saturated carbocycles. The number of aliphatic hydroxyl groups is 1. The summed E-state index contributed by atoms with van der Waals surface area (Å²) in [4.78, 5) is 14.1. The highest BCUT2D eigenvalue weighted by Gasteiger charge is 2.34. The van der Waals surface area contributed by atoms with Crippen molar-refractivity contribution < 1.29 is 9.90 Å². The number of hydrogen-bond acceptors (Lipinski definition) is 3. The molecule has 0 aromatic heterocycles. The van der Waals surface area contributed by atoms with E-state index < -0.39 is 5.54 Å². The van der Waals surface area contributed by atoms with E-state index in [9.17, 15) is 9.90 Å². The van der Waals surface area contributed by atoms with Crippen molar-refractivity contribution in [2.24, 2.45) is 11.7 Å². The number of carbonyl (C=O) groups excluding carboxylic acids is 1. The second-order valence-electron chi connectivity index (χ2n) is 5.54. The number of nitrogens with two attached hydrogens (primary N) is 1. The van der Waals surface area contributed by atoms with E-state index in [0.29, 0.717) is 5.92 Å².